The van der Waals surface area contributed by atoms with Crippen LogP contribution in [-0.4, -0.2) is 43.2 Å². The molecule has 0 aromatic heterocycles. The summed E-state index contributed by atoms with van der Waals surface area (Å²) in [6.07, 6.45) is 0.945. The molecule has 0 aliphatic carbocycles. The number of hydrogen-bond acceptors (Lipinski definition) is 4. The highest BCUT2D eigenvalue weighted by molar-refractivity contribution is 5.95. The molecular weight excluding hydrogens is 218 g/mol. The summed E-state index contributed by atoms with van der Waals surface area (Å²) in [5, 5.41) is 12.1. The lowest BCUT2D eigenvalue weighted by Crippen LogP contribution is -2.17. The first kappa shape index (κ1) is 13.3. The van der Waals surface area contributed by atoms with Crippen LogP contribution in [0.5, 0.6) is 0 Å². The molecule has 5 heteroatoms. The maximum absolute atomic E-state index is 11.0. The lowest BCUT2D eigenvalue weighted by molar-refractivity contribution is 0.0698. The molecule has 0 heterocycles. The zero-order valence-electron chi connectivity index (χ0n) is 10.2. The van der Waals surface area contributed by atoms with Gasteiger partial charge in [0, 0.05) is 12.2 Å². The van der Waals surface area contributed by atoms with Gasteiger partial charge in [0.25, 0.3) is 0 Å². The number of aromatic carboxylic acids is 1. The van der Waals surface area contributed by atoms with Gasteiger partial charge in [-0.05, 0) is 45.3 Å². The summed E-state index contributed by atoms with van der Waals surface area (Å²) in [4.78, 5) is 13.1. The number of nitrogen functional groups attached to an aromatic ring is 1. The van der Waals surface area contributed by atoms with Gasteiger partial charge in [-0.15, -0.1) is 0 Å². The zero-order chi connectivity index (χ0) is 12.8. The fourth-order valence-corrected chi connectivity index (χ4v) is 1.51. The third kappa shape index (κ3) is 4.32. The molecule has 1 aromatic carbocycles. The van der Waals surface area contributed by atoms with E-state index in [9.17, 15) is 4.79 Å². The topological polar surface area (TPSA) is 78.6 Å². The van der Waals surface area contributed by atoms with E-state index in [0.29, 0.717) is 11.4 Å². The lowest BCUT2D eigenvalue weighted by atomic mass is 10.1. The Hall–Kier alpha value is -1.75. The molecule has 0 aliphatic heterocycles. The highest BCUT2D eigenvalue weighted by Gasteiger charge is 2.09. The van der Waals surface area contributed by atoms with Crippen molar-refractivity contribution in [2.75, 3.05) is 38.2 Å². The average Bonchev–Trinajstić information content (AvgIpc) is 2.23. The summed E-state index contributed by atoms with van der Waals surface area (Å²) < 4.78 is 0. The van der Waals surface area contributed by atoms with E-state index in [-0.39, 0.29) is 5.56 Å². The Labute approximate surface area is 101 Å². The molecule has 0 bridgehead atoms. The Morgan fingerprint density at radius 2 is 2.18 bits per heavy atom. The molecule has 94 valence electrons. The van der Waals surface area contributed by atoms with E-state index in [1.807, 2.05) is 14.1 Å². The van der Waals surface area contributed by atoms with E-state index in [4.69, 9.17) is 10.8 Å². The molecule has 0 saturated carbocycles. The lowest BCUT2D eigenvalue weighted by Gasteiger charge is -2.12. The Morgan fingerprint density at radius 1 is 1.47 bits per heavy atom. The molecule has 1 rings (SSSR count). The van der Waals surface area contributed by atoms with Gasteiger partial charge < -0.3 is 21.1 Å². The van der Waals surface area contributed by atoms with Gasteiger partial charge in [0.2, 0.25) is 0 Å². The Bertz CT molecular complexity index is 391. The van der Waals surface area contributed by atoms with Gasteiger partial charge in [0.15, 0.2) is 0 Å². The largest absolute Gasteiger partial charge is 0.478 e. The molecule has 5 nitrogen and oxygen atoms in total. The van der Waals surface area contributed by atoms with Gasteiger partial charge in [-0.2, -0.15) is 0 Å². The average molecular weight is 237 g/mol. The van der Waals surface area contributed by atoms with Crippen LogP contribution in [0.2, 0.25) is 0 Å². The number of carboxylic acids is 1. The monoisotopic (exact) mass is 237 g/mol. The second-order valence-corrected chi connectivity index (χ2v) is 4.19. The maximum atomic E-state index is 11.0. The number of hydrogen-bond donors (Lipinski definition) is 3. The predicted octanol–water partition coefficient (Wildman–Crippen LogP) is 1.33. The molecule has 0 spiro atoms. The fraction of sp³-hybridized carbons (Fsp3) is 0.417. The standard InChI is InChI=1S/C12H19N3O2/c1-15(2)7-3-6-14-11-8-9(13)4-5-10(11)12(16)17/h4-5,8,14H,3,6-7,13H2,1-2H3,(H,16,17). The first-order chi connectivity index (χ1) is 8.00. The normalized spacial score (nSPS) is 10.5. The first-order valence-corrected chi connectivity index (χ1v) is 5.52. The Morgan fingerprint density at radius 3 is 2.76 bits per heavy atom. The van der Waals surface area contributed by atoms with Crippen molar-refractivity contribution in [3.8, 4) is 0 Å². The number of anilines is 2. The van der Waals surface area contributed by atoms with Crippen LogP contribution >= 0.6 is 0 Å². The minimum absolute atomic E-state index is 0.254. The Kier molecular flexibility index (Phi) is 4.78. The molecule has 17 heavy (non-hydrogen) atoms. The van der Waals surface area contributed by atoms with Gasteiger partial charge in [-0.3, -0.25) is 0 Å². The summed E-state index contributed by atoms with van der Waals surface area (Å²) >= 11 is 0. The number of nitrogens with zero attached hydrogens (tertiary/aromatic N) is 1. The SMILES string of the molecule is CN(C)CCCNc1cc(N)ccc1C(=O)O. The number of nitrogens with two attached hydrogens (primary N) is 1. The zero-order valence-corrected chi connectivity index (χ0v) is 10.2. The molecular formula is C12H19N3O2. The molecule has 0 atom stereocenters. The van der Waals surface area contributed by atoms with Gasteiger partial charge in [-0.1, -0.05) is 0 Å². The van der Waals surface area contributed by atoms with E-state index in [2.05, 4.69) is 10.2 Å². The number of benzene rings is 1. The van der Waals surface area contributed by atoms with Crippen LogP contribution in [0.4, 0.5) is 11.4 Å². The minimum Gasteiger partial charge on any atom is -0.478 e. The van der Waals surface area contributed by atoms with Gasteiger partial charge in [0.1, 0.15) is 0 Å². The molecule has 1 aromatic rings. The highest BCUT2D eigenvalue weighted by atomic mass is 16.4. The van der Waals surface area contributed by atoms with Crippen molar-refractivity contribution in [1.29, 1.82) is 0 Å². The number of rotatable bonds is 6. The van der Waals surface area contributed by atoms with E-state index in [1.165, 1.54) is 6.07 Å². The summed E-state index contributed by atoms with van der Waals surface area (Å²) in [6.45, 7) is 1.68. The number of carbonyl (C=O) groups is 1. The maximum Gasteiger partial charge on any atom is 0.337 e. The fourth-order valence-electron chi connectivity index (χ4n) is 1.51. The summed E-state index contributed by atoms with van der Waals surface area (Å²) in [6, 6.07) is 4.76. The van der Waals surface area contributed by atoms with Crippen molar-refractivity contribution in [1.82, 2.24) is 4.90 Å². The highest BCUT2D eigenvalue weighted by Crippen LogP contribution is 2.19. The molecule has 0 amide bonds. The van der Waals surface area contributed by atoms with Crippen molar-refractivity contribution in [2.24, 2.45) is 0 Å². The van der Waals surface area contributed by atoms with Crippen LogP contribution in [-0.2, 0) is 0 Å². The number of carboxylic acid groups (broad SMARTS) is 1. The van der Waals surface area contributed by atoms with Crippen molar-refractivity contribution in [3.63, 3.8) is 0 Å². The quantitative estimate of drug-likeness (QED) is 0.514. The third-order valence-electron chi connectivity index (χ3n) is 2.37. The molecule has 0 aliphatic rings. The predicted molar refractivity (Wildman–Crippen MR) is 69.5 cm³/mol. The molecule has 0 unspecified atom stereocenters. The third-order valence-corrected chi connectivity index (χ3v) is 2.37. The van der Waals surface area contributed by atoms with Crippen LogP contribution in [0.25, 0.3) is 0 Å². The molecule has 0 radical (unpaired) electrons. The summed E-state index contributed by atoms with van der Waals surface area (Å²) in [5.41, 5.74) is 7.03. The second kappa shape index (κ2) is 6.10. The first-order valence-electron chi connectivity index (χ1n) is 5.52. The number of nitrogens with one attached hydrogen (secondary N) is 1. The van der Waals surface area contributed by atoms with Crippen LogP contribution in [0.1, 0.15) is 16.8 Å². The van der Waals surface area contributed by atoms with Crippen molar-refractivity contribution >= 4 is 17.3 Å². The minimum atomic E-state index is -0.944. The van der Waals surface area contributed by atoms with Gasteiger partial charge in [0.05, 0.1) is 11.3 Å². The van der Waals surface area contributed by atoms with Crippen molar-refractivity contribution in [3.05, 3.63) is 23.8 Å². The van der Waals surface area contributed by atoms with E-state index >= 15 is 0 Å². The second-order valence-electron chi connectivity index (χ2n) is 4.19. The van der Waals surface area contributed by atoms with Crippen LogP contribution in [0, 0.1) is 0 Å². The summed E-state index contributed by atoms with van der Waals surface area (Å²) in [5.74, 6) is -0.944. The van der Waals surface area contributed by atoms with Crippen molar-refractivity contribution < 1.29 is 9.90 Å². The van der Waals surface area contributed by atoms with Crippen LogP contribution in [0.3, 0.4) is 0 Å². The van der Waals surface area contributed by atoms with E-state index in [1.54, 1.807) is 12.1 Å². The Balaban J connectivity index is 2.62. The van der Waals surface area contributed by atoms with Gasteiger partial charge in [-0.25, -0.2) is 4.79 Å². The summed E-state index contributed by atoms with van der Waals surface area (Å²) in [7, 11) is 4.01. The smallest absolute Gasteiger partial charge is 0.337 e. The molecule has 0 fully saturated rings. The van der Waals surface area contributed by atoms with Crippen LogP contribution < -0.4 is 11.1 Å². The van der Waals surface area contributed by atoms with E-state index < -0.39 is 5.97 Å². The molecule has 0 saturated heterocycles. The molecule has 4 N–H and O–H groups in total. The van der Waals surface area contributed by atoms with E-state index in [0.717, 1.165) is 19.5 Å². The van der Waals surface area contributed by atoms with Crippen molar-refractivity contribution in [2.45, 2.75) is 6.42 Å². The van der Waals surface area contributed by atoms with Crippen LogP contribution in [0.15, 0.2) is 18.2 Å². The van der Waals surface area contributed by atoms with Gasteiger partial charge >= 0.3 is 5.97 Å².